The molecule has 4 rings (SSSR count). The van der Waals surface area contributed by atoms with E-state index in [4.69, 9.17) is 14.2 Å². The molecule has 4 nitrogen and oxygen atoms in total. The van der Waals surface area contributed by atoms with Crippen molar-refractivity contribution in [3.05, 3.63) is 17.7 Å². The summed E-state index contributed by atoms with van der Waals surface area (Å²) < 4.78 is 16.3. The number of benzene rings is 1. The van der Waals surface area contributed by atoms with Gasteiger partial charge >= 0.3 is 0 Å². The van der Waals surface area contributed by atoms with E-state index in [1.807, 2.05) is 0 Å². The van der Waals surface area contributed by atoms with E-state index in [1.165, 1.54) is 37.9 Å². The Labute approximate surface area is 139 Å². The fourth-order valence-corrected chi connectivity index (χ4v) is 3.83. The molecule has 3 aliphatic rings. The van der Waals surface area contributed by atoms with Crippen molar-refractivity contribution in [2.45, 2.75) is 31.7 Å². The van der Waals surface area contributed by atoms with E-state index in [-0.39, 0.29) is 12.4 Å². The molecule has 1 aromatic rings. The molecule has 1 aromatic carbocycles. The van der Waals surface area contributed by atoms with Crippen LogP contribution in [0.15, 0.2) is 12.1 Å². The molecule has 3 aliphatic heterocycles. The van der Waals surface area contributed by atoms with Crippen LogP contribution in [0.5, 0.6) is 17.2 Å². The summed E-state index contributed by atoms with van der Waals surface area (Å²) >= 11 is 0. The first-order valence-electron chi connectivity index (χ1n) is 7.78. The molecule has 0 aromatic heterocycles. The number of methoxy groups -OCH3 is 3. The molecule has 0 spiro atoms. The topological polar surface area (TPSA) is 30.9 Å². The highest BCUT2D eigenvalue weighted by Crippen LogP contribution is 2.40. The third-order valence-electron chi connectivity index (χ3n) is 4.97. The van der Waals surface area contributed by atoms with Crippen LogP contribution in [0.4, 0.5) is 0 Å². The molecular weight excluding hydrogens is 302 g/mol. The fourth-order valence-electron chi connectivity index (χ4n) is 3.83. The van der Waals surface area contributed by atoms with Crippen molar-refractivity contribution in [3.63, 3.8) is 0 Å². The number of ether oxygens (including phenoxy) is 3. The SMILES string of the molecule is COc1cc(CC2CC3CCN2CC3)cc(OC)c1OC.Cl. The van der Waals surface area contributed by atoms with Gasteiger partial charge in [-0.1, -0.05) is 0 Å². The fraction of sp³-hybridized carbons (Fsp3) is 0.647. The molecule has 1 unspecified atom stereocenters. The molecule has 0 aliphatic carbocycles. The minimum atomic E-state index is 0. The molecule has 124 valence electrons. The second-order valence-corrected chi connectivity index (χ2v) is 6.11. The quantitative estimate of drug-likeness (QED) is 0.831. The zero-order valence-corrected chi connectivity index (χ0v) is 14.4. The molecule has 0 amide bonds. The highest BCUT2D eigenvalue weighted by Gasteiger charge is 2.33. The lowest BCUT2D eigenvalue weighted by Crippen LogP contribution is -2.49. The number of fused-ring (bicyclic) bond motifs is 3. The summed E-state index contributed by atoms with van der Waals surface area (Å²) in [5.41, 5.74) is 1.27. The van der Waals surface area contributed by atoms with E-state index in [2.05, 4.69) is 17.0 Å². The summed E-state index contributed by atoms with van der Waals surface area (Å²) in [7, 11) is 4.99. The molecule has 22 heavy (non-hydrogen) atoms. The average Bonchev–Trinajstić information content (AvgIpc) is 2.55. The summed E-state index contributed by atoms with van der Waals surface area (Å²) in [6.45, 7) is 2.53. The first-order valence-corrected chi connectivity index (χ1v) is 7.78. The molecule has 0 saturated carbocycles. The average molecular weight is 328 g/mol. The monoisotopic (exact) mass is 327 g/mol. The van der Waals surface area contributed by atoms with Gasteiger partial charge in [-0.25, -0.2) is 0 Å². The van der Waals surface area contributed by atoms with E-state index >= 15 is 0 Å². The Kier molecular flexibility index (Phi) is 5.81. The second kappa shape index (κ2) is 7.42. The van der Waals surface area contributed by atoms with Gasteiger partial charge in [-0.2, -0.15) is 0 Å². The van der Waals surface area contributed by atoms with Crippen molar-refractivity contribution in [2.75, 3.05) is 34.4 Å². The Morgan fingerprint density at radius 1 is 1.00 bits per heavy atom. The van der Waals surface area contributed by atoms with Gasteiger partial charge in [-0.05, 0) is 62.4 Å². The summed E-state index contributed by atoms with van der Waals surface area (Å²) in [6.07, 6.45) is 5.15. The molecule has 2 bridgehead atoms. The van der Waals surface area contributed by atoms with Crippen molar-refractivity contribution < 1.29 is 14.2 Å². The summed E-state index contributed by atoms with van der Waals surface area (Å²) in [5, 5.41) is 0. The molecule has 3 saturated heterocycles. The van der Waals surface area contributed by atoms with Crippen LogP contribution in [-0.2, 0) is 6.42 Å². The lowest BCUT2D eigenvalue weighted by Gasteiger charge is -2.45. The van der Waals surface area contributed by atoms with Crippen LogP contribution >= 0.6 is 12.4 Å². The van der Waals surface area contributed by atoms with Gasteiger partial charge in [-0.15, -0.1) is 12.4 Å². The third-order valence-corrected chi connectivity index (χ3v) is 4.97. The molecular formula is C17H26ClNO3. The van der Waals surface area contributed by atoms with Gasteiger partial charge in [0.25, 0.3) is 0 Å². The molecule has 0 radical (unpaired) electrons. The number of halogens is 1. The number of hydrogen-bond acceptors (Lipinski definition) is 4. The minimum Gasteiger partial charge on any atom is -0.493 e. The van der Waals surface area contributed by atoms with Crippen molar-refractivity contribution in [1.82, 2.24) is 4.90 Å². The lowest BCUT2D eigenvalue weighted by molar-refractivity contribution is 0.0498. The predicted octanol–water partition coefficient (Wildman–Crippen LogP) is 3.16. The van der Waals surface area contributed by atoms with E-state index in [0.29, 0.717) is 11.8 Å². The van der Waals surface area contributed by atoms with E-state index in [9.17, 15) is 0 Å². The Morgan fingerprint density at radius 3 is 2.00 bits per heavy atom. The first-order chi connectivity index (χ1) is 10.2. The van der Waals surface area contributed by atoms with E-state index < -0.39 is 0 Å². The van der Waals surface area contributed by atoms with E-state index in [0.717, 1.165) is 23.8 Å². The normalized spacial score (nSPS) is 26.2. The second-order valence-electron chi connectivity index (χ2n) is 6.11. The molecule has 3 heterocycles. The van der Waals surface area contributed by atoms with Crippen molar-refractivity contribution in [1.29, 1.82) is 0 Å². The number of hydrogen-bond donors (Lipinski definition) is 0. The van der Waals surface area contributed by atoms with Gasteiger partial charge < -0.3 is 19.1 Å². The van der Waals surface area contributed by atoms with Gasteiger partial charge in [0, 0.05) is 6.04 Å². The van der Waals surface area contributed by atoms with E-state index in [1.54, 1.807) is 21.3 Å². The Balaban J connectivity index is 0.00000176. The zero-order chi connectivity index (χ0) is 14.8. The zero-order valence-electron chi connectivity index (χ0n) is 13.6. The number of rotatable bonds is 5. The Bertz CT molecular complexity index is 476. The molecule has 5 heteroatoms. The van der Waals surface area contributed by atoms with Gasteiger partial charge in [0.2, 0.25) is 5.75 Å². The van der Waals surface area contributed by atoms with Gasteiger partial charge in [-0.3, -0.25) is 0 Å². The van der Waals surface area contributed by atoms with Crippen LogP contribution in [0.1, 0.15) is 24.8 Å². The summed E-state index contributed by atoms with van der Waals surface area (Å²) in [4.78, 5) is 2.64. The van der Waals surface area contributed by atoms with Gasteiger partial charge in [0.1, 0.15) is 0 Å². The first kappa shape index (κ1) is 17.2. The molecule has 1 atom stereocenters. The Hall–Kier alpha value is -1.13. The highest BCUT2D eigenvalue weighted by atomic mass is 35.5. The predicted molar refractivity (Wildman–Crippen MR) is 89.8 cm³/mol. The maximum atomic E-state index is 5.45. The lowest BCUT2D eigenvalue weighted by atomic mass is 9.81. The van der Waals surface area contributed by atoms with Gasteiger partial charge in [0.05, 0.1) is 21.3 Å². The minimum absolute atomic E-state index is 0. The van der Waals surface area contributed by atoms with Crippen LogP contribution in [-0.4, -0.2) is 45.4 Å². The highest BCUT2D eigenvalue weighted by molar-refractivity contribution is 5.85. The van der Waals surface area contributed by atoms with Crippen LogP contribution in [0.2, 0.25) is 0 Å². The maximum Gasteiger partial charge on any atom is 0.203 e. The summed E-state index contributed by atoms with van der Waals surface area (Å²) in [6, 6.07) is 4.84. The van der Waals surface area contributed by atoms with Crippen LogP contribution in [0, 0.1) is 5.92 Å². The van der Waals surface area contributed by atoms with Crippen LogP contribution in [0.3, 0.4) is 0 Å². The molecule has 0 N–H and O–H groups in total. The van der Waals surface area contributed by atoms with Crippen molar-refractivity contribution in [2.24, 2.45) is 5.92 Å². The van der Waals surface area contributed by atoms with Crippen LogP contribution in [0.25, 0.3) is 0 Å². The molecule has 3 fully saturated rings. The summed E-state index contributed by atoms with van der Waals surface area (Å²) in [5.74, 6) is 3.11. The Morgan fingerprint density at radius 2 is 1.59 bits per heavy atom. The maximum absolute atomic E-state index is 5.45. The number of nitrogens with zero attached hydrogens (tertiary/aromatic N) is 1. The van der Waals surface area contributed by atoms with Crippen molar-refractivity contribution >= 4 is 12.4 Å². The largest absolute Gasteiger partial charge is 0.493 e. The standard InChI is InChI=1S/C17H25NO3.ClH/c1-19-15-10-13(11-16(20-2)17(15)21-3)9-14-8-12-4-6-18(14)7-5-12;/h10-12,14H,4-9H2,1-3H3;1H. The van der Waals surface area contributed by atoms with Crippen molar-refractivity contribution in [3.8, 4) is 17.2 Å². The van der Waals surface area contributed by atoms with Gasteiger partial charge in [0.15, 0.2) is 11.5 Å². The van der Waals surface area contributed by atoms with Crippen LogP contribution < -0.4 is 14.2 Å². The number of piperidine rings is 3. The third kappa shape index (κ3) is 3.28. The smallest absolute Gasteiger partial charge is 0.203 e.